The van der Waals surface area contributed by atoms with Gasteiger partial charge >= 0.3 is 0 Å². The maximum Gasteiger partial charge on any atom is 0.264 e. The van der Waals surface area contributed by atoms with Crippen LogP contribution in [-0.4, -0.2) is 59.0 Å². The van der Waals surface area contributed by atoms with Gasteiger partial charge in [-0.25, -0.2) is 8.42 Å². The average molecular weight is 630 g/mol. The minimum Gasteiger partial charge on any atom is -0.497 e. The molecule has 4 aromatic carbocycles. The zero-order valence-corrected chi connectivity index (χ0v) is 27.0. The van der Waals surface area contributed by atoms with Crippen molar-refractivity contribution in [1.29, 1.82) is 0 Å². The van der Waals surface area contributed by atoms with Crippen LogP contribution in [0.25, 0.3) is 0 Å². The molecule has 1 N–H and O–H groups in total. The standard InChI is InChI=1S/C35H39N3O6S/c1-25-15-18-30(19-16-25)45(41,42)38(31-22-29(43-4)17-20-33(31)44-5)24-34(39)37(23-28-14-10-9-11-26(28)2)32(35(40)36-3)21-27-12-7-6-8-13-27/h6-20,22,32H,21,23-24H2,1-5H3,(H,36,40)/t32-/m1/s1. The van der Waals surface area contributed by atoms with E-state index in [1.54, 1.807) is 24.3 Å². The van der Waals surface area contributed by atoms with Gasteiger partial charge in [-0.05, 0) is 54.8 Å². The van der Waals surface area contributed by atoms with Crippen LogP contribution in [0.4, 0.5) is 5.69 Å². The maximum absolute atomic E-state index is 14.5. The minimum absolute atomic E-state index is 0.00311. The summed E-state index contributed by atoms with van der Waals surface area (Å²) in [5.74, 6) is -0.320. The van der Waals surface area contributed by atoms with Crippen molar-refractivity contribution < 1.29 is 27.5 Å². The highest BCUT2D eigenvalue weighted by Gasteiger charge is 2.35. The second kappa shape index (κ2) is 14.8. The Kier molecular flexibility index (Phi) is 10.9. The summed E-state index contributed by atoms with van der Waals surface area (Å²) < 4.78 is 40.6. The van der Waals surface area contributed by atoms with Crippen LogP contribution < -0.4 is 19.1 Å². The number of hydrogen-bond donors (Lipinski definition) is 1. The van der Waals surface area contributed by atoms with Gasteiger partial charge in [0.05, 0.1) is 24.8 Å². The molecule has 9 nitrogen and oxygen atoms in total. The van der Waals surface area contributed by atoms with Gasteiger partial charge in [-0.2, -0.15) is 0 Å². The molecule has 4 rings (SSSR count). The smallest absolute Gasteiger partial charge is 0.264 e. The van der Waals surface area contributed by atoms with Crippen molar-refractivity contribution in [3.63, 3.8) is 0 Å². The Morgan fingerprint density at radius 3 is 2.13 bits per heavy atom. The Hall–Kier alpha value is -4.83. The summed E-state index contributed by atoms with van der Waals surface area (Å²) in [6, 6.07) is 27.2. The molecule has 0 fully saturated rings. The molecular weight excluding hydrogens is 590 g/mol. The number of ether oxygens (including phenoxy) is 2. The number of nitrogens with zero attached hydrogens (tertiary/aromatic N) is 2. The molecule has 2 amide bonds. The lowest BCUT2D eigenvalue weighted by molar-refractivity contribution is -0.139. The van der Waals surface area contributed by atoms with Gasteiger partial charge < -0.3 is 19.7 Å². The molecule has 0 aliphatic rings. The molecule has 0 aromatic heterocycles. The lowest BCUT2D eigenvalue weighted by Crippen LogP contribution is -2.53. The van der Waals surface area contributed by atoms with Crippen LogP contribution >= 0.6 is 0 Å². The summed E-state index contributed by atoms with van der Waals surface area (Å²) in [7, 11) is 0.117. The molecule has 236 valence electrons. The van der Waals surface area contributed by atoms with Gasteiger partial charge in [-0.3, -0.25) is 13.9 Å². The zero-order valence-electron chi connectivity index (χ0n) is 26.2. The van der Waals surface area contributed by atoms with Gasteiger partial charge in [-0.15, -0.1) is 0 Å². The van der Waals surface area contributed by atoms with E-state index in [1.165, 1.54) is 44.4 Å². The maximum atomic E-state index is 14.5. The van der Waals surface area contributed by atoms with Crippen LogP contribution in [0.2, 0.25) is 0 Å². The largest absolute Gasteiger partial charge is 0.497 e. The van der Waals surface area contributed by atoms with Gasteiger partial charge in [0.2, 0.25) is 11.8 Å². The van der Waals surface area contributed by atoms with Gasteiger partial charge in [0.15, 0.2) is 0 Å². The van der Waals surface area contributed by atoms with E-state index < -0.39 is 28.5 Å². The fourth-order valence-corrected chi connectivity index (χ4v) is 6.45. The Labute approximate surface area is 265 Å². The van der Waals surface area contributed by atoms with Gasteiger partial charge in [-0.1, -0.05) is 72.3 Å². The van der Waals surface area contributed by atoms with Crippen molar-refractivity contribution in [2.24, 2.45) is 0 Å². The molecule has 0 saturated carbocycles. The summed E-state index contributed by atoms with van der Waals surface area (Å²) >= 11 is 0. The Morgan fingerprint density at radius 1 is 0.844 bits per heavy atom. The van der Waals surface area contributed by atoms with E-state index >= 15 is 0 Å². The van der Waals surface area contributed by atoms with E-state index in [-0.39, 0.29) is 35.2 Å². The number of methoxy groups -OCH3 is 2. The van der Waals surface area contributed by atoms with Gasteiger partial charge in [0.1, 0.15) is 24.1 Å². The van der Waals surface area contributed by atoms with E-state index in [4.69, 9.17) is 9.47 Å². The SMILES string of the molecule is CNC(=O)[C@@H](Cc1ccccc1)N(Cc1ccccc1C)C(=O)CN(c1cc(OC)ccc1OC)S(=O)(=O)c1ccc(C)cc1. The predicted molar refractivity (Wildman–Crippen MR) is 175 cm³/mol. The lowest BCUT2D eigenvalue weighted by atomic mass is 10.0. The van der Waals surface area contributed by atoms with E-state index in [0.29, 0.717) is 5.75 Å². The Morgan fingerprint density at radius 2 is 1.51 bits per heavy atom. The van der Waals surface area contributed by atoms with E-state index in [0.717, 1.165) is 26.6 Å². The highest BCUT2D eigenvalue weighted by Crippen LogP contribution is 2.36. The first kappa shape index (κ1) is 33.1. The molecular formula is C35H39N3O6S. The quantitative estimate of drug-likeness (QED) is 0.226. The highest BCUT2D eigenvalue weighted by atomic mass is 32.2. The van der Waals surface area contributed by atoms with Crippen LogP contribution in [0.5, 0.6) is 11.5 Å². The number of sulfonamides is 1. The van der Waals surface area contributed by atoms with Crippen LogP contribution in [0.1, 0.15) is 22.3 Å². The van der Waals surface area contributed by atoms with E-state index in [9.17, 15) is 18.0 Å². The van der Waals surface area contributed by atoms with Crippen molar-refractivity contribution in [2.75, 3.05) is 32.1 Å². The van der Waals surface area contributed by atoms with Gasteiger partial charge in [0.25, 0.3) is 10.0 Å². The molecule has 4 aromatic rings. The zero-order chi connectivity index (χ0) is 32.6. The molecule has 0 aliphatic carbocycles. The van der Waals surface area contributed by atoms with Crippen LogP contribution in [0.3, 0.4) is 0 Å². The fourth-order valence-electron chi connectivity index (χ4n) is 5.03. The summed E-state index contributed by atoms with van der Waals surface area (Å²) in [5, 5.41) is 2.70. The Balaban J connectivity index is 1.86. The molecule has 10 heteroatoms. The first-order chi connectivity index (χ1) is 21.6. The number of hydrogen-bond acceptors (Lipinski definition) is 6. The number of benzene rings is 4. The van der Waals surface area contributed by atoms with Crippen molar-refractivity contribution in [2.45, 2.75) is 37.8 Å². The van der Waals surface area contributed by atoms with Crippen molar-refractivity contribution in [1.82, 2.24) is 10.2 Å². The number of carbonyl (C=O) groups is 2. The number of carbonyl (C=O) groups excluding carboxylic acids is 2. The first-order valence-corrected chi connectivity index (χ1v) is 15.9. The van der Waals surface area contributed by atoms with Gasteiger partial charge in [0, 0.05) is 26.1 Å². The van der Waals surface area contributed by atoms with E-state index in [1.807, 2.05) is 68.4 Å². The fraction of sp³-hybridized carbons (Fsp3) is 0.257. The molecule has 0 saturated heterocycles. The number of rotatable bonds is 13. The normalized spacial score (nSPS) is 11.8. The third-order valence-electron chi connectivity index (χ3n) is 7.66. The summed E-state index contributed by atoms with van der Waals surface area (Å²) in [6.45, 7) is 3.27. The lowest BCUT2D eigenvalue weighted by Gasteiger charge is -2.34. The van der Waals surface area contributed by atoms with Crippen molar-refractivity contribution in [3.8, 4) is 11.5 Å². The predicted octanol–water partition coefficient (Wildman–Crippen LogP) is 4.90. The molecule has 0 radical (unpaired) electrons. The second-order valence-electron chi connectivity index (χ2n) is 10.6. The molecule has 45 heavy (non-hydrogen) atoms. The molecule has 0 aliphatic heterocycles. The number of likely N-dealkylation sites (N-methyl/N-ethyl adjacent to an activating group) is 1. The van der Waals surface area contributed by atoms with Crippen LogP contribution in [0.15, 0.2) is 102 Å². The number of aryl methyl sites for hydroxylation is 2. The molecule has 0 heterocycles. The number of nitrogens with one attached hydrogen (secondary N) is 1. The topological polar surface area (TPSA) is 105 Å². The summed E-state index contributed by atoms with van der Waals surface area (Å²) in [5.41, 5.74) is 3.63. The highest BCUT2D eigenvalue weighted by molar-refractivity contribution is 7.92. The number of anilines is 1. The van der Waals surface area contributed by atoms with Crippen molar-refractivity contribution >= 4 is 27.5 Å². The minimum atomic E-state index is -4.30. The molecule has 0 bridgehead atoms. The molecule has 0 spiro atoms. The monoisotopic (exact) mass is 629 g/mol. The summed E-state index contributed by atoms with van der Waals surface area (Å²) in [4.78, 5) is 29.5. The average Bonchev–Trinajstić information content (AvgIpc) is 3.05. The second-order valence-corrected chi connectivity index (χ2v) is 12.5. The first-order valence-electron chi connectivity index (χ1n) is 14.5. The third kappa shape index (κ3) is 7.82. The molecule has 1 atom stereocenters. The Bertz CT molecular complexity index is 1730. The number of amides is 2. The summed E-state index contributed by atoms with van der Waals surface area (Å²) in [6.07, 6.45) is 0.228. The molecule has 0 unspecified atom stereocenters. The van der Waals surface area contributed by atoms with E-state index in [2.05, 4.69) is 5.32 Å². The van der Waals surface area contributed by atoms with Crippen molar-refractivity contribution in [3.05, 3.63) is 119 Å². The van der Waals surface area contributed by atoms with Crippen LogP contribution in [0, 0.1) is 13.8 Å². The van der Waals surface area contributed by atoms with Crippen LogP contribution in [-0.2, 0) is 32.6 Å². The third-order valence-corrected chi connectivity index (χ3v) is 9.44.